The number of pyridine rings is 2. The zero-order chi connectivity index (χ0) is 19.6. The standard InChI is InChI=1S/C18H19N5O4/c1-10(2)21-14(25)9-23-17(11-4-5-19-15(6-11)27-3)22-16-13(18(23)26)7-12(24)8-20-16/h4-8,10,24H,9H2,1-3H3,(H,21,25). The minimum Gasteiger partial charge on any atom is -0.506 e. The van der Waals surface area contributed by atoms with Crippen LogP contribution in [0.2, 0.25) is 0 Å². The Bertz CT molecular complexity index is 1060. The molecule has 9 heteroatoms. The van der Waals surface area contributed by atoms with Gasteiger partial charge in [-0.1, -0.05) is 0 Å². The fraction of sp³-hybridized carbons (Fsp3) is 0.278. The predicted octanol–water partition coefficient (Wildman–Crippen LogP) is 1.09. The van der Waals surface area contributed by atoms with Crippen LogP contribution in [0.25, 0.3) is 22.4 Å². The number of carbonyl (C=O) groups excluding carboxylic acids is 1. The van der Waals surface area contributed by atoms with Crippen molar-refractivity contribution in [2.45, 2.75) is 26.4 Å². The number of aromatic nitrogens is 4. The molecule has 27 heavy (non-hydrogen) atoms. The van der Waals surface area contributed by atoms with E-state index in [1.165, 1.54) is 30.1 Å². The topological polar surface area (TPSA) is 119 Å². The van der Waals surface area contributed by atoms with Crippen LogP contribution in [-0.4, -0.2) is 43.7 Å². The van der Waals surface area contributed by atoms with E-state index in [9.17, 15) is 14.7 Å². The highest BCUT2D eigenvalue weighted by Crippen LogP contribution is 2.22. The van der Waals surface area contributed by atoms with Gasteiger partial charge in [-0.15, -0.1) is 0 Å². The zero-order valence-electron chi connectivity index (χ0n) is 15.1. The summed E-state index contributed by atoms with van der Waals surface area (Å²) in [5.74, 6) is 0.116. The molecule has 0 aromatic carbocycles. The fourth-order valence-electron chi connectivity index (χ4n) is 2.63. The van der Waals surface area contributed by atoms with E-state index in [-0.39, 0.29) is 41.1 Å². The zero-order valence-corrected chi connectivity index (χ0v) is 15.1. The number of carbonyl (C=O) groups is 1. The summed E-state index contributed by atoms with van der Waals surface area (Å²) in [6.07, 6.45) is 2.73. The maximum Gasteiger partial charge on any atom is 0.263 e. The minimum absolute atomic E-state index is 0.0724. The molecule has 1 amide bonds. The number of ether oxygens (including phenoxy) is 1. The number of fused-ring (bicyclic) bond motifs is 1. The van der Waals surface area contributed by atoms with E-state index in [1.54, 1.807) is 12.1 Å². The molecule has 0 aliphatic heterocycles. The van der Waals surface area contributed by atoms with Gasteiger partial charge in [-0.25, -0.2) is 15.0 Å². The Morgan fingerprint density at radius 2 is 2.11 bits per heavy atom. The molecule has 0 bridgehead atoms. The molecule has 0 unspecified atom stereocenters. The molecule has 3 aromatic rings. The number of nitrogens with zero attached hydrogens (tertiary/aromatic N) is 4. The lowest BCUT2D eigenvalue weighted by atomic mass is 10.2. The molecule has 0 aliphatic carbocycles. The lowest BCUT2D eigenvalue weighted by molar-refractivity contribution is -0.122. The van der Waals surface area contributed by atoms with Crippen molar-refractivity contribution in [3.63, 3.8) is 0 Å². The Morgan fingerprint density at radius 1 is 1.33 bits per heavy atom. The van der Waals surface area contributed by atoms with Gasteiger partial charge in [-0.2, -0.15) is 0 Å². The molecule has 0 saturated heterocycles. The monoisotopic (exact) mass is 369 g/mol. The van der Waals surface area contributed by atoms with Crippen molar-refractivity contribution in [2.75, 3.05) is 7.11 Å². The number of nitrogens with one attached hydrogen (secondary N) is 1. The molecule has 3 rings (SSSR count). The van der Waals surface area contributed by atoms with Crippen molar-refractivity contribution in [3.05, 3.63) is 40.9 Å². The van der Waals surface area contributed by atoms with Crippen LogP contribution in [-0.2, 0) is 11.3 Å². The van der Waals surface area contributed by atoms with Crippen LogP contribution in [0.3, 0.4) is 0 Å². The largest absolute Gasteiger partial charge is 0.506 e. The van der Waals surface area contributed by atoms with Gasteiger partial charge in [0.2, 0.25) is 11.8 Å². The first-order valence-corrected chi connectivity index (χ1v) is 8.28. The van der Waals surface area contributed by atoms with Crippen LogP contribution < -0.4 is 15.6 Å². The van der Waals surface area contributed by atoms with Gasteiger partial charge >= 0.3 is 0 Å². The molecule has 0 fully saturated rings. The summed E-state index contributed by atoms with van der Waals surface area (Å²) in [6, 6.07) is 4.49. The van der Waals surface area contributed by atoms with Crippen LogP contribution in [0.15, 0.2) is 35.4 Å². The molecule has 2 N–H and O–H groups in total. The second kappa shape index (κ2) is 7.40. The van der Waals surface area contributed by atoms with Crippen molar-refractivity contribution in [2.24, 2.45) is 0 Å². The number of rotatable bonds is 5. The number of amides is 1. The van der Waals surface area contributed by atoms with Crippen molar-refractivity contribution in [1.82, 2.24) is 24.8 Å². The Hall–Kier alpha value is -3.49. The highest BCUT2D eigenvalue weighted by Gasteiger charge is 2.17. The molecule has 0 spiro atoms. The molecule has 9 nitrogen and oxygen atoms in total. The Labute approximate surface area is 154 Å². The Balaban J connectivity index is 2.23. The molecule has 3 heterocycles. The maximum atomic E-state index is 13.0. The van der Waals surface area contributed by atoms with Gasteiger partial charge in [-0.05, 0) is 26.0 Å². The Kier molecular flexibility index (Phi) is 5.02. The van der Waals surface area contributed by atoms with Crippen molar-refractivity contribution in [3.8, 4) is 23.0 Å². The van der Waals surface area contributed by atoms with Gasteiger partial charge in [0.1, 0.15) is 18.1 Å². The van der Waals surface area contributed by atoms with E-state index in [0.29, 0.717) is 11.4 Å². The second-order valence-corrected chi connectivity index (χ2v) is 6.20. The summed E-state index contributed by atoms with van der Waals surface area (Å²) >= 11 is 0. The molecule has 0 aliphatic rings. The van der Waals surface area contributed by atoms with Gasteiger partial charge in [0, 0.05) is 23.9 Å². The smallest absolute Gasteiger partial charge is 0.263 e. The summed E-state index contributed by atoms with van der Waals surface area (Å²) in [7, 11) is 1.48. The second-order valence-electron chi connectivity index (χ2n) is 6.20. The average molecular weight is 369 g/mol. The molecule has 3 aromatic heterocycles. The van der Waals surface area contributed by atoms with Gasteiger partial charge in [0.15, 0.2) is 5.65 Å². The highest BCUT2D eigenvalue weighted by molar-refractivity contribution is 5.80. The quantitative estimate of drug-likeness (QED) is 0.691. The van der Waals surface area contributed by atoms with E-state index in [1.807, 2.05) is 13.8 Å². The van der Waals surface area contributed by atoms with E-state index >= 15 is 0 Å². The SMILES string of the molecule is COc1cc(-c2nc3ncc(O)cc3c(=O)n2CC(=O)NC(C)C)ccn1. The maximum absolute atomic E-state index is 13.0. The summed E-state index contributed by atoms with van der Waals surface area (Å²) in [4.78, 5) is 37.8. The highest BCUT2D eigenvalue weighted by atomic mass is 16.5. The summed E-state index contributed by atoms with van der Waals surface area (Å²) < 4.78 is 6.38. The lowest BCUT2D eigenvalue weighted by Crippen LogP contribution is -2.37. The van der Waals surface area contributed by atoms with Crippen molar-refractivity contribution < 1.29 is 14.6 Å². The number of hydrogen-bond acceptors (Lipinski definition) is 7. The van der Waals surface area contributed by atoms with Crippen LogP contribution in [0.1, 0.15) is 13.8 Å². The normalized spacial score (nSPS) is 11.0. The Morgan fingerprint density at radius 3 is 2.81 bits per heavy atom. The fourth-order valence-corrected chi connectivity index (χ4v) is 2.63. The van der Waals surface area contributed by atoms with Gasteiger partial charge in [-0.3, -0.25) is 14.2 Å². The van der Waals surface area contributed by atoms with Crippen LogP contribution in [0.5, 0.6) is 11.6 Å². The molecular weight excluding hydrogens is 350 g/mol. The minimum atomic E-state index is -0.479. The third-order valence-corrected chi connectivity index (χ3v) is 3.75. The van der Waals surface area contributed by atoms with E-state index in [2.05, 4.69) is 20.3 Å². The van der Waals surface area contributed by atoms with Crippen LogP contribution in [0.4, 0.5) is 0 Å². The van der Waals surface area contributed by atoms with E-state index < -0.39 is 5.56 Å². The van der Waals surface area contributed by atoms with Crippen molar-refractivity contribution in [1.29, 1.82) is 0 Å². The first-order valence-electron chi connectivity index (χ1n) is 8.28. The first-order chi connectivity index (χ1) is 12.9. The summed E-state index contributed by atoms with van der Waals surface area (Å²) in [5, 5.41) is 12.5. The van der Waals surface area contributed by atoms with Gasteiger partial charge in [0.05, 0.1) is 18.7 Å². The van der Waals surface area contributed by atoms with E-state index in [0.717, 1.165) is 0 Å². The third kappa shape index (κ3) is 3.86. The molecule has 0 saturated carbocycles. The molecule has 140 valence electrons. The first kappa shape index (κ1) is 18.3. The summed E-state index contributed by atoms with van der Waals surface area (Å²) in [6.45, 7) is 3.43. The van der Waals surface area contributed by atoms with Gasteiger partial charge < -0.3 is 15.2 Å². The van der Waals surface area contributed by atoms with Gasteiger partial charge in [0.25, 0.3) is 5.56 Å². The molecule has 0 atom stereocenters. The number of aromatic hydroxyl groups is 1. The third-order valence-electron chi connectivity index (χ3n) is 3.75. The molecule has 0 radical (unpaired) electrons. The molecular formula is C18H19N5O4. The van der Waals surface area contributed by atoms with Crippen LogP contribution in [0, 0.1) is 0 Å². The van der Waals surface area contributed by atoms with Crippen molar-refractivity contribution >= 4 is 16.9 Å². The summed E-state index contributed by atoms with van der Waals surface area (Å²) in [5.41, 5.74) is 0.241. The number of methoxy groups -OCH3 is 1. The van der Waals surface area contributed by atoms with Crippen LogP contribution >= 0.6 is 0 Å². The van der Waals surface area contributed by atoms with E-state index in [4.69, 9.17) is 4.74 Å². The predicted molar refractivity (Wildman–Crippen MR) is 98.5 cm³/mol. The number of hydrogen-bond donors (Lipinski definition) is 2. The lowest BCUT2D eigenvalue weighted by Gasteiger charge is -2.15. The average Bonchev–Trinajstić information content (AvgIpc) is 2.63.